The monoisotopic (exact) mass is 586 g/mol. The largest absolute Gasteiger partial charge is 0.493 e. The van der Waals surface area contributed by atoms with Crippen molar-refractivity contribution < 1.29 is 28.5 Å². The molecule has 0 bridgehead atoms. The molecule has 1 unspecified atom stereocenters. The first-order valence-electron chi connectivity index (χ1n) is 12.9. The van der Waals surface area contributed by atoms with Crippen molar-refractivity contribution in [3.63, 3.8) is 0 Å². The number of anilines is 1. The molecule has 0 saturated carbocycles. The Morgan fingerprint density at radius 2 is 1.93 bits per heavy atom. The predicted octanol–water partition coefficient (Wildman–Crippen LogP) is 5.25. The molecule has 1 amide bonds. The minimum Gasteiger partial charge on any atom is -0.493 e. The minimum absolute atomic E-state index is 0.0752. The van der Waals surface area contributed by atoms with Gasteiger partial charge in [-0.05, 0) is 49.8 Å². The molecular weight excluding hydrogens is 552 g/mol. The van der Waals surface area contributed by atoms with E-state index in [1.54, 1.807) is 46.5 Å². The van der Waals surface area contributed by atoms with Gasteiger partial charge in [0.25, 0.3) is 0 Å². The number of carbonyl (C=O) groups excluding carboxylic acids is 2. The first kappa shape index (κ1) is 29.5. The third kappa shape index (κ3) is 6.12. The molecule has 0 saturated heterocycles. The first-order chi connectivity index (χ1) is 19.3. The molecule has 214 valence electrons. The van der Waals surface area contributed by atoms with Gasteiger partial charge < -0.3 is 24.3 Å². The summed E-state index contributed by atoms with van der Waals surface area (Å²) >= 11 is 2.72. The molecule has 0 fully saturated rings. The van der Waals surface area contributed by atoms with Gasteiger partial charge in [-0.15, -0.1) is 28.1 Å². The number of rotatable bonds is 12. The number of thioether (sulfide) groups is 1. The normalized spacial score (nSPS) is 14.3. The summed E-state index contributed by atoms with van der Waals surface area (Å²) in [5, 5.41) is 12.8. The molecule has 0 spiro atoms. The SMILES string of the molecule is C=CCn1c(SCC(=O)Nc2sc3c(c2C(=O)OCC)CCC(C)C3)nnc1-c1cc(OC)c(OC)c(OC)c1. The van der Waals surface area contributed by atoms with E-state index >= 15 is 0 Å². The highest BCUT2D eigenvalue weighted by atomic mass is 32.2. The quantitative estimate of drug-likeness (QED) is 0.173. The van der Waals surface area contributed by atoms with Crippen LogP contribution in [-0.4, -0.2) is 60.3 Å². The number of amides is 1. The summed E-state index contributed by atoms with van der Waals surface area (Å²) in [6.07, 6.45) is 4.44. The topological polar surface area (TPSA) is 114 Å². The molecule has 1 aromatic carbocycles. The zero-order valence-electron chi connectivity index (χ0n) is 23.4. The summed E-state index contributed by atoms with van der Waals surface area (Å²) in [6.45, 7) is 8.53. The van der Waals surface area contributed by atoms with Crippen LogP contribution in [0.3, 0.4) is 0 Å². The zero-order chi connectivity index (χ0) is 28.8. The lowest BCUT2D eigenvalue weighted by molar-refractivity contribution is -0.113. The van der Waals surface area contributed by atoms with Gasteiger partial charge in [-0.25, -0.2) is 4.79 Å². The molecule has 4 rings (SSSR count). The molecule has 1 aliphatic rings. The Hall–Kier alpha value is -3.51. The summed E-state index contributed by atoms with van der Waals surface area (Å²) in [5.74, 6) is 1.99. The van der Waals surface area contributed by atoms with E-state index in [1.807, 2.05) is 4.57 Å². The Labute approximate surface area is 242 Å². The summed E-state index contributed by atoms with van der Waals surface area (Å²) in [5.41, 5.74) is 2.20. The Morgan fingerprint density at radius 3 is 2.55 bits per heavy atom. The standard InChI is InChI=1S/C28H34N4O6S2/c1-7-11-32-25(17-13-19(35-4)24(37-6)20(14-17)36-5)30-31-28(32)39-15-22(33)29-26-23(27(34)38-8-2)18-10-9-16(3)12-21(18)40-26/h7,13-14,16H,1,8-12,15H2,2-6H3,(H,29,33). The minimum atomic E-state index is -0.391. The highest BCUT2D eigenvalue weighted by Gasteiger charge is 2.29. The summed E-state index contributed by atoms with van der Waals surface area (Å²) < 4.78 is 23.6. The molecule has 10 nitrogen and oxygen atoms in total. The fourth-order valence-corrected chi connectivity index (χ4v) is 6.83. The Bertz CT molecular complexity index is 1370. The van der Waals surface area contributed by atoms with Gasteiger partial charge in [-0.3, -0.25) is 9.36 Å². The molecule has 2 aromatic heterocycles. The van der Waals surface area contributed by atoms with Crippen molar-refractivity contribution in [3.8, 4) is 28.6 Å². The molecule has 2 heterocycles. The van der Waals surface area contributed by atoms with Crippen molar-refractivity contribution in [2.45, 2.75) is 44.8 Å². The second kappa shape index (κ2) is 13.2. The third-order valence-electron chi connectivity index (χ3n) is 6.53. The lowest BCUT2D eigenvalue weighted by Crippen LogP contribution is -2.18. The predicted molar refractivity (Wildman–Crippen MR) is 156 cm³/mol. The van der Waals surface area contributed by atoms with Crippen LogP contribution in [0.2, 0.25) is 0 Å². The van der Waals surface area contributed by atoms with E-state index in [0.717, 1.165) is 29.7 Å². The number of aromatic nitrogens is 3. The van der Waals surface area contributed by atoms with E-state index in [1.165, 1.54) is 23.1 Å². The number of fused-ring (bicyclic) bond motifs is 1. The van der Waals surface area contributed by atoms with Gasteiger partial charge in [0.1, 0.15) is 5.00 Å². The first-order valence-corrected chi connectivity index (χ1v) is 14.7. The molecular formula is C28H34N4O6S2. The maximum absolute atomic E-state index is 13.1. The highest BCUT2D eigenvalue weighted by Crippen LogP contribution is 2.42. The smallest absolute Gasteiger partial charge is 0.341 e. The second-order valence-electron chi connectivity index (χ2n) is 9.23. The van der Waals surface area contributed by atoms with Crippen LogP contribution >= 0.6 is 23.1 Å². The number of carbonyl (C=O) groups is 2. The van der Waals surface area contributed by atoms with Crippen molar-refractivity contribution in [1.82, 2.24) is 14.8 Å². The van der Waals surface area contributed by atoms with Crippen LogP contribution in [0.1, 0.15) is 41.1 Å². The summed E-state index contributed by atoms with van der Waals surface area (Å²) in [7, 11) is 4.64. The van der Waals surface area contributed by atoms with Crippen LogP contribution in [0.5, 0.6) is 17.2 Å². The van der Waals surface area contributed by atoms with E-state index in [0.29, 0.717) is 56.8 Å². The van der Waals surface area contributed by atoms with Crippen LogP contribution < -0.4 is 19.5 Å². The number of hydrogen-bond donors (Lipinski definition) is 1. The molecule has 40 heavy (non-hydrogen) atoms. The van der Waals surface area contributed by atoms with Gasteiger partial charge in [0.2, 0.25) is 11.7 Å². The second-order valence-corrected chi connectivity index (χ2v) is 11.3. The molecule has 12 heteroatoms. The molecule has 1 aliphatic carbocycles. The molecule has 0 radical (unpaired) electrons. The van der Waals surface area contributed by atoms with E-state index < -0.39 is 5.97 Å². The van der Waals surface area contributed by atoms with Gasteiger partial charge in [-0.2, -0.15) is 0 Å². The van der Waals surface area contributed by atoms with E-state index in [9.17, 15) is 9.59 Å². The van der Waals surface area contributed by atoms with Crippen molar-refractivity contribution >= 4 is 40.0 Å². The van der Waals surface area contributed by atoms with Gasteiger partial charge in [0.15, 0.2) is 22.5 Å². The van der Waals surface area contributed by atoms with Gasteiger partial charge >= 0.3 is 5.97 Å². The maximum atomic E-state index is 13.1. The number of esters is 1. The van der Waals surface area contributed by atoms with Gasteiger partial charge in [0, 0.05) is 17.0 Å². The average Bonchev–Trinajstić information content (AvgIpc) is 3.51. The van der Waals surface area contributed by atoms with Crippen LogP contribution in [0.15, 0.2) is 29.9 Å². The number of nitrogens with zero attached hydrogens (tertiary/aromatic N) is 3. The third-order valence-corrected chi connectivity index (χ3v) is 8.66. The zero-order valence-corrected chi connectivity index (χ0v) is 25.0. The fraction of sp³-hybridized carbons (Fsp3) is 0.429. The number of hydrogen-bond acceptors (Lipinski definition) is 10. The van der Waals surface area contributed by atoms with E-state index in [2.05, 4.69) is 29.0 Å². The number of nitrogens with one attached hydrogen (secondary N) is 1. The number of methoxy groups -OCH3 is 3. The van der Waals surface area contributed by atoms with E-state index in [4.69, 9.17) is 18.9 Å². The summed E-state index contributed by atoms with van der Waals surface area (Å²) in [4.78, 5) is 27.0. The van der Waals surface area contributed by atoms with Gasteiger partial charge in [0.05, 0.1) is 39.3 Å². The number of allylic oxidation sites excluding steroid dienone is 1. The van der Waals surface area contributed by atoms with Crippen molar-refractivity contribution in [3.05, 3.63) is 40.8 Å². The van der Waals surface area contributed by atoms with Crippen LogP contribution in [-0.2, 0) is 28.9 Å². The van der Waals surface area contributed by atoms with Crippen molar-refractivity contribution in [2.24, 2.45) is 5.92 Å². The lowest BCUT2D eigenvalue weighted by atomic mass is 9.88. The maximum Gasteiger partial charge on any atom is 0.341 e. The van der Waals surface area contributed by atoms with Crippen LogP contribution in [0.25, 0.3) is 11.4 Å². The number of benzene rings is 1. The van der Waals surface area contributed by atoms with E-state index in [-0.39, 0.29) is 18.3 Å². The van der Waals surface area contributed by atoms with Crippen molar-refractivity contribution in [1.29, 1.82) is 0 Å². The Kier molecular flexibility index (Phi) is 9.75. The van der Waals surface area contributed by atoms with Crippen LogP contribution in [0.4, 0.5) is 5.00 Å². The van der Waals surface area contributed by atoms with Crippen molar-refractivity contribution in [2.75, 3.05) is 39.0 Å². The van der Waals surface area contributed by atoms with Gasteiger partial charge in [-0.1, -0.05) is 24.8 Å². The number of ether oxygens (including phenoxy) is 4. The molecule has 0 aliphatic heterocycles. The average molecular weight is 587 g/mol. The summed E-state index contributed by atoms with van der Waals surface area (Å²) in [6, 6.07) is 3.59. The lowest BCUT2D eigenvalue weighted by Gasteiger charge is -2.18. The fourth-order valence-electron chi connectivity index (χ4n) is 4.66. The Balaban J connectivity index is 1.56. The highest BCUT2D eigenvalue weighted by molar-refractivity contribution is 7.99. The molecule has 3 aromatic rings. The molecule has 1 N–H and O–H groups in total. The number of thiophene rings is 1. The Morgan fingerprint density at radius 1 is 1.20 bits per heavy atom. The molecule has 1 atom stereocenters. The van der Waals surface area contributed by atoms with Crippen LogP contribution in [0, 0.1) is 5.92 Å².